The Bertz CT molecular complexity index is 3600. The molecule has 0 saturated carbocycles. The molecule has 0 amide bonds. The lowest BCUT2D eigenvalue weighted by atomic mass is 9.93. The van der Waals surface area contributed by atoms with Crippen molar-refractivity contribution in [3.8, 4) is 50.6 Å². The van der Waals surface area contributed by atoms with E-state index < -0.39 is 0 Å². The molecule has 10 aromatic carbocycles. The van der Waals surface area contributed by atoms with Crippen LogP contribution in [0.25, 0.3) is 116 Å². The molecule has 0 aliphatic rings. The molecule has 59 heavy (non-hydrogen) atoms. The summed E-state index contributed by atoms with van der Waals surface area (Å²) >= 11 is 0. The summed E-state index contributed by atoms with van der Waals surface area (Å²) in [5.41, 5.74) is 12.1. The average molecular weight is 750 g/mol. The number of benzene rings is 10. The largest absolute Gasteiger partial charge is 0.278 e. The molecule has 0 atom stereocenters. The maximum atomic E-state index is 5.56. The summed E-state index contributed by atoms with van der Waals surface area (Å²) < 4.78 is 2.30. The summed E-state index contributed by atoms with van der Waals surface area (Å²) in [7, 11) is 0. The van der Waals surface area contributed by atoms with Crippen LogP contribution < -0.4 is 0 Å². The third-order valence-electron chi connectivity index (χ3n) is 12.0. The maximum absolute atomic E-state index is 5.56. The first-order chi connectivity index (χ1) is 29.2. The highest BCUT2D eigenvalue weighted by molar-refractivity contribution is 6.30. The molecule has 12 rings (SSSR count). The van der Waals surface area contributed by atoms with Gasteiger partial charge in [-0.3, -0.25) is 4.57 Å². The van der Waals surface area contributed by atoms with E-state index in [2.05, 4.69) is 217 Å². The third kappa shape index (κ3) is 5.44. The summed E-state index contributed by atoms with van der Waals surface area (Å²) in [5.74, 6) is 0.645. The lowest BCUT2D eigenvalue weighted by molar-refractivity contribution is 1.01. The van der Waals surface area contributed by atoms with E-state index in [4.69, 9.17) is 9.97 Å². The third-order valence-corrected chi connectivity index (χ3v) is 12.0. The van der Waals surface area contributed by atoms with Crippen LogP contribution in [0.2, 0.25) is 0 Å². The van der Waals surface area contributed by atoms with Gasteiger partial charge in [-0.1, -0.05) is 182 Å². The van der Waals surface area contributed by atoms with Gasteiger partial charge in [-0.15, -0.1) is 0 Å². The quantitative estimate of drug-likeness (QED) is 0.175. The Morgan fingerprint density at radius 3 is 1.71 bits per heavy atom. The zero-order valence-electron chi connectivity index (χ0n) is 32.0. The van der Waals surface area contributed by atoms with Crippen molar-refractivity contribution in [2.45, 2.75) is 0 Å². The van der Waals surface area contributed by atoms with E-state index in [1.54, 1.807) is 0 Å². The zero-order chi connectivity index (χ0) is 38.9. The molecule has 0 saturated heterocycles. The Hall–Kier alpha value is -7.88. The Kier molecular flexibility index (Phi) is 7.54. The number of fused-ring (bicyclic) bond motifs is 9. The van der Waals surface area contributed by atoms with Crippen LogP contribution in [0.5, 0.6) is 0 Å². The van der Waals surface area contributed by atoms with E-state index in [1.807, 2.05) is 0 Å². The number of aromatic nitrogens is 3. The normalized spacial score (nSPS) is 11.7. The molecule has 0 bridgehead atoms. The molecule has 2 heterocycles. The monoisotopic (exact) mass is 749 g/mol. The molecule has 0 aliphatic heterocycles. The van der Waals surface area contributed by atoms with Crippen molar-refractivity contribution in [2.75, 3.05) is 0 Å². The van der Waals surface area contributed by atoms with Crippen LogP contribution in [0.4, 0.5) is 0 Å². The van der Waals surface area contributed by atoms with Crippen LogP contribution in [0.15, 0.2) is 212 Å². The number of nitrogens with zero attached hydrogens (tertiary/aromatic N) is 3. The molecule has 0 radical (unpaired) electrons. The minimum Gasteiger partial charge on any atom is -0.278 e. The van der Waals surface area contributed by atoms with Gasteiger partial charge in [0.05, 0.1) is 22.2 Å². The van der Waals surface area contributed by atoms with Crippen LogP contribution in [0, 0.1) is 0 Å². The Balaban J connectivity index is 1.12. The Morgan fingerprint density at radius 2 is 0.881 bits per heavy atom. The zero-order valence-corrected chi connectivity index (χ0v) is 32.0. The van der Waals surface area contributed by atoms with Crippen LogP contribution in [0.1, 0.15) is 0 Å². The van der Waals surface area contributed by atoms with Gasteiger partial charge in [-0.25, -0.2) is 9.97 Å². The van der Waals surface area contributed by atoms with Gasteiger partial charge in [0.2, 0.25) is 5.95 Å². The predicted octanol–water partition coefficient (Wildman–Crippen LogP) is 14.9. The summed E-state index contributed by atoms with van der Waals surface area (Å²) in [6.45, 7) is 0. The van der Waals surface area contributed by atoms with E-state index in [-0.39, 0.29) is 0 Å². The van der Waals surface area contributed by atoms with E-state index in [9.17, 15) is 0 Å². The summed E-state index contributed by atoms with van der Waals surface area (Å²) in [6.07, 6.45) is 0. The van der Waals surface area contributed by atoms with E-state index >= 15 is 0 Å². The molecule has 0 spiro atoms. The maximum Gasteiger partial charge on any atom is 0.235 e. The standard InChI is InChI=1S/C56H35N3/c1-2-13-36(14-3-1)38-25-27-39(28-26-38)42-18-12-19-44(34-42)55-48-23-10-11-24-50(48)57-56(58-55)59-51-32-31-40-16-6-7-20-45(40)53(51)54-47-22-9-8-21-46(47)49(35-52(54)59)43-30-29-37-15-4-5-17-41(37)33-43/h1-35H. The fourth-order valence-corrected chi connectivity index (χ4v) is 9.17. The molecule has 3 heteroatoms. The second-order valence-corrected chi connectivity index (χ2v) is 15.4. The molecule has 12 aromatic rings. The molecule has 274 valence electrons. The fraction of sp³-hybridized carbons (Fsp3) is 0. The van der Waals surface area contributed by atoms with Gasteiger partial charge in [0.15, 0.2) is 0 Å². The summed E-state index contributed by atoms with van der Waals surface area (Å²) in [5, 5.41) is 10.7. The minimum atomic E-state index is 0.645. The Morgan fingerprint density at radius 1 is 0.305 bits per heavy atom. The molecule has 0 aliphatic carbocycles. The van der Waals surface area contributed by atoms with Crippen LogP contribution in [-0.2, 0) is 0 Å². The molecule has 0 unspecified atom stereocenters. The number of hydrogen-bond acceptors (Lipinski definition) is 2. The van der Waals surface area contributed by atoms with Gasteiger partial charge in [0.1, 0.15) is 0 Å². The molecule has 0 N–H and O–H groups in total. The van der Waals surface area contributed by atoms with Gasteiger partial charge in [-0.2, -0.15) is 0 Å². The van der Waals surface area contributed by atoms with Crippen LogP contribution in [0.3, 0.4) is 0 Å². The van der Waals surface area contributed by atoms with Gasteiger partial charge in [0.25, 0.3) is 0 Å². The van der Waals surface area contributed by atoms with E-state index in [0.717, 1.165) is 44.3 Å². The summed E-state index contributed by atoms with van der Waals surface area (Å²) in [4.78, 5) is 10.9. The van der Waals surface area contributed by atoms with Crippen molar-refractivity contribution >= 4 is 65.0 Å². The first-order valence-corrected chi connectivity index (χ1v) is 20.2. The molecular formula is C56H35N3. The van der Waals surface area contributed by atoms with Crippen LogP contribution >= 0.6 is 0 Å². The average Bonchev–Trinajstić information content (AvgIpc) is 3.66. The van der Waals surface area contributed by atoms with Gasteiger partial charge < -0.3 is 0 Å². The molecule has 2 aromatic heterocycles. The van der Waals surface area contributed by atoms with Crippen molar-refractivity contribution in [2.24, 2.45) is 0 Å². The van der Waals surface area contributed by atoms with Gasteiger partial charge in [-0.05, 0) is 96.0 Å². The fourth-order valence-electron chi connectivity index (χ4n) is 9.17. The number of para-hydroxylation sites is 1. The topological polar surface area (TPSA) is 30.7 Å². The lowest BCUT2D eigenvalue weighted by Crippen LogP contribution is -2.03. The van der Waals surface area contributed by atoms with Crippen molar-refractivity contribution in [3.63, 3.8) is 0 Å². The molecule has 0 fully saturated rings. The molecular weight excluding hydrogens is 715 g/mol. The predicted molar refractivity (Wildman–Crippen MR) is 248 cm³/mol. The highest BCUT2D eigenvalue weighted by Crippen LogP contribution is 2.44. The van der Waals surface area contributed by atoms with Crippen molar-refractivity contribution in [1.29, 1.82) is 0 Å². The van der Waals surface area contributed by atoms with Crippen molar-refractivity contribution in [3.05, 3.63) is 212 Å². The highest BCUT2D eigenvalue weighted by atomic mass is 15.2. The van der Waals surface area contributed by atoms with Crippen LogP contribution in [-0.4, -0.2) is 14.5 Å². The smallest absolute Gasteiger partial charge is 0.235 e. The van der Waals surface area contributed by atoms with Gasteiger partial charge in [0, 0.05) is 21.7 Å². The van der Waals surface area contributed by atoms with E-state index in [0.29, 0.717) is 5.95 Å². The number of hydrogen-bond donors (Lipinski definition) is 0. The number of rotatable bonds is 5. The van der Waals surface area contributed by atoms with Crippen molar-refractivity contribution < 1.29 is 0 Å². The van der Waals surface area contributed by atoms with Gasteiger partial charge >= 0.3 is 0 Å². The first kappa shape index (κ1) is 33.3. The van der Waals surface area contributed by atoms with E-state index in [1.165, 1.54) is 65.3 Å². The molecule has 3 nitrogen and oxygen atoms in total. The summed E-state index contributed by atoms with van der Waals surface area (Å²) in [6, 6.07) is 76.3. The lowest BCUT2D eigenvalue weighted by Gasteiger charge is -2.14. The second kappa shape index (κ2) is 13.4. The minimum absolute atomic E-state index is 0.645. The Labute approximate surface area is 341 Å². The van der Waals surface area contributed by atoms with Crippen molar-refractivity contribution in [1.82, 2.24) is 14.5 Å². The first-order valence-electron chi connectivity index (χ1n) is 20.2. The SMILES string of the molecule is c1ccc(-c2ccc(-c3cccc(-c4nc(-n5c6ccc7ccccc7c6c6c7ccccc7c(-c7ccc8ccccc8c7)cc65)nc5ccccc45)c3)cc2)cc1. The highest BCUT2D eigenvalue weighted by Gasteiger charge is 2.22. The second-order valence-electron chi connectivity index (χ2n) is 15.4.